The Morgan fingerprint density at radius 1 is 1.13 bits per heavy atom. The SMILES string of the molecule is Cn1nc(-c2nc(-c3ccc(OC(F)(F)F)cc3)no2)nc1Cc1ccnc(N2CC[NH+](C)CC2)c1.O=C[O-]. The molecule has 0 radical (unpaired) electrons. The van der Waals surface area contributed by atoms with Crippen LogP contribution in [0.2, 0.25) is 0 Å². The molecular formula is C24H25F3N8O4. The van der Waals surface area contributed by atoms with Crippen LogP contribution in [0, 0.1) is 0 Å². The van der Waals surface area contributed by atoms with Crippen molar-refractivity contribution in [2.75, 3.05) is 38.1 Å². The van der Waals surface area contributed by atoms with Crippen LogP contribution in [-0.4, -0.2) is 76.0 Å². The summed E-state index contributed by atoms with van der Waals surface area (Å²) in [6, 6.07) is 9.22. The molecule has 4 aromatic rings. The summed E-state index contributed by atoms with van der Waals surface area (Å²) in [5.74, 6) is 1.90. The number of anilines is 1. The minimum absolute atomic E-state index is 0.109. The standard InChI is InChI=1S/C23H23F3N8O2.CH2O2/c1-32-9-11-34(12-10-32)18-13-15(7-8-27-18)14-19-28-21(30-33(19)2)22-29-20(31-36-22)16-3-5-17(6-4-16)35-23(24,25)26;2-1-3/h3-8,13H,9-12,14H2,1-2H3;1H,(H,2,3). The lowest BCUT2D eigenvalue weighted by Gasteiger charge is -2.31. The van der Waals surface area contributed by atoms with Crippen LogP contribution in [0.25, 0.3) is 23.1 Å². The minimum atomic E-state index is -4.76. The van der Waals surface area contributed by atoms with Crippen molar-refractivity contribution in [2.45, 2.75) is 12.8 Å². The summed E-state index contributed by atoms with van der Waals surface area (Å²) in [6.45, 7) is 3.59. The Kier molecular flexibility index (Phi) is 8.39. The summed E-state index contributed by atoms with van der Waals surface area (Å²) >= 11 is 0. The van der Waals surface area contributed by atoms with Gasteiger partial charge in [0.15, 0.2) is 0 Å². The molecule has 1 aliphatic rings. The highest BCUT2D eigenvalue weighted by Crippen LogP contribution is 2.26. The molecule has 3 aromatic heterocycles. The molecule has 12 nitrogen and oxygen atoms in total. The summed E-state index contributed by atoms with van der Waals surface area (Å²) in [4.78, 5) is 25.5. The van der Waals surface area contributed by atoms with Gasteiger partial charge in [0.05, 0.1) is 33.2 Å². The van der Waals surface area contributed by atoms with E-state index in [-0.39, 0.29) is 23.3 Å². The van der Waals surface area contributed by atoms with Gasteiger partial charge in [0.2, 0.25) is 11.6 Å². The molecule has 0 atom stereocenters. The molecule has 39 heavy (non-hydrogen) atoms. The van der Waals surface area contributed by atoms with Crippen LogP contribution in [0.15, 0.2) is 47.1 Å². The maximum absolute atomic E-state index is 12.4. The minimum Gasteiger partial charge on any atom is -0.554 e. The molecule has 206 valence electrons. The quantitative estimate of drug-likeness (QED) is 0.332. The fraction of sp³-hybridized carbons (Fsp3) is 0.333. The number of ether oxygens (including phenoxy) is 1. The van der Waals surface area contributed by atoms with E-state index in [1.165, 1.54) is 29.2 Å². The third kappa shape index (κ3) is 7.28. The zero-order valence-electron chi connectivity index (χ0n) is 21.1. The largest absolute Gasteiger partial charge is 0.573 e. The summed E-state index contributed by atoms with van der Waals surface area (Å²) in [7, 11) is 3.98. The topological polar surface area (TPSA) is 140 Å². The highest BCUT2D eigenvalue weighted by atomic mass is 19.4. The number of hydrogen-bond donors (Lipinski definition) is 1. The molecule has 0 amide bonds. The van der Waals surface area contributed by atoms with Gasteiger partial charge in [-0.25, -0.2) is 9.97 Å². The van der Waals surface area contributed by atoms with Gasteiger partial charge in [0.25, 0.3) is 5.89 Å². The molecule has 1 aromatic carbocycles. The number of benzene rings is 1. The van der Waals surface area contributed by atoms with Gasteiger partial charge in [-0.1, -0.05) is 5.16 Å². The van der Waals surface area contributed by atoms with Gasteiger partial charge >= 0.3 is 6.36 Å². The van der Waals surface area contributed by atoms with E-state index in [0.29, 0.717) is 17.8 Å². The van der Waals surface area contributed by atoms with E-state index in [1.807, 2.05) is 12.3 Å². The molecule has 0 saturated carbocycles. The molecule has 4 heterocycles. The molecule has 15 heteroatoms. The molecule has 5 rings (SSSR count). The second kappa shape index (κ2) is 11.9. The summed E-state index contributed by atoms with van der Waals surface area (Å²) < 4.78 is 47.9. The van der Waals surface area contributed by atoms with Gasteiger partial charge in [0.1, 0.15) is 17.4 Å². The number of aromatic nitrogens is 6. The molecule has 1 aliphatic heterocycles. The van der Waals surface area contributed by atoms with E-state index >= 15 is 0 Å². The molecule has 1 saturated heterocycles. The van der Waals surface area contributed by atoms with E-state index in [2.05, 4.69) is 48.0 Å². The maximum Gasteiger partial charge on any atom is 0.573 e. The van der Waals surface area contributed by atoms with E-state index < -0.39 is 12.8 Å². The second-order valence-corrected chi connectivity index (χ2v) is 8.71. The van der Waals surface area contributed by atoms with Crippen LogP contribution in [0.3, 0.4) is 0 Å². The van der Waals surface area contributed by atoms with E-state index in [9.17, 15) is 13.2 Å². The molecule has 1 N–H and O–H groups in total. The van der Waals surface area contributed by atoms with Gasteiger partial charge in [-0.2, -0.15) is 4.98 Å². The smallest absolute Gasteiger partial charge is 0.554 e. The Morgan fingerprint density at radius 2 is 1.82 bits per heavy atom. The number of nitrogens with zero attached hydrogens (tertiary/aromatic N) is 7. The zero-order chi connectivity index (χ0) is 28.0. The van der Waals surface area contributed by atoms with Crippen molar-refractivity contribution in [3.05, 3.63) is 54.0 Å². The number of likely N-dealkylation sites (N-methyl/N-ethyl adjacent to an activating group) is 1. The van der Waals surface area contributed by atoms with Crippen molar-refractivity contribution < 1.29 is 37.2 Å². The third-order valence-electron chi connectivity index (χ3n) is 5.93. The third-order valence-corrected chi connectivity index (χ3v) is 5.93. The zero-order valence-corrected chi connectivity index (χ0v) is 21.1. The molecule has 0 bridgehead atoms. The predicted octanol–water partition coefficient (Wildman–Crippen LogP) is 0.117. The first kappa shape index (κ1) is 27.5. The van der Waals surface area contributed by atoms with Gasteiger partial charge in [0, 0.05) is 31.7 Å². The Hall–Kier alpha value is -4.53. The number of carbonyl (C=O) groups excluding carboxylic acids is 1. The highest BCUT2D eigenvalue weighted by Gasteiger charge is 2.31. The number of rotatable bonds is 6. The Morgan fingerprint density at radius 3 is 2.49 bits per heavy atom. The van der Waals surface area contributed by atoms with Gasteiger partial charge in [-0.05, 0) is 42.0 Å². The number of nitrogens with one attached hydrogen (secondary N) is 1. The Labute approximate surface area is 220 Å². The molecule has 1 fully saturated rings. The maximum atomic E-state index is 12.4. The molecular weight excluding hydrogens is 521 g/mol. The van der Waals surface area contributed by atoms with Crippen LogP contribution < -0.4 is 19.6 Å². The number of carboxylic acid groups (broad SMARTS) is 1. The predicted molar refractivity (Wildman–Crippen MR) is 128 cm³/mol. The first-order valence-electron chi connectivity index (χ1n) is 11.8. The van der Waals surface area contributed by atoms with Crippen molar-refractivity contribution in [3.8, 4) is 28.9 Å². The number of carbonyl (C=O) groups is 1. The lowest BCUT2D eigenvalue weighted by atomic mass is 10.1. The normalized spacial score (nSPS) is 14.0. The van der Waals surface area contributed by atoms with Crippen molar-refractivity contribution in [1.82, 2.24) is 29.9 Å². The number of hydrogen-bond acceptors (Lipinski definition) is 10. The summed E-state index contributed by atoms with van der Waals surface area (Å²) in [5.41, 5.74) is 1.52. The summed E-state index contributed by atoms with van der Waals surface area (Å²) in [5, 5.41) is 16.5. The monoisotopic (exact) mass is 546 g/mol. The van der Waals surface area contributed by atoms with Crippen LogP contribution in [0.4, 0.5) is 19.0 Å². The van der Waals surface area contributed by atoms with Crippen LogP contribution in [0.1, 0.15) is 11.4 Å². The average molecular weight is 547 g/mol. The lowest BCUT2D eigenvalue weighted by Crippen LogP contribution is -3.12. The number of halogens is 3. The number of piperazine rings is 1. The Bertz CT molecular complexity index is 1380. The van der Waals surface area contributed by atoms with Crippen molar-refractivity contribution in [2.24, 2.45) is 7.05 Å². The average Bonchev–Trinajstić information content (AvgIpc) is 3.52. The van der Waals surface area contributed by atoms with E-state index in [0.717, 1.165) is 37.6 Å². The van der Waals surface area contributed by atoms with E-state index in [4.69, 9.17) is 14.4 Å². The first-order chi connectivity index (χ1) is 18.6. The molecule has 0 unspecified atom stereocenters. The van der Waals surface area contributed by atoms with Gasteiger partial charge < -0.3 is 29.0 Å². The Balaban J connectivity index is 0.00000112. The summed E-state index contributed by atoms with van der Waals surface area (Å²) in [6.07, 6.45) is -2.41. The van der Waals surface area contributed by atoms with E-state index in [1.54, 1.807) is 11.7 Å². The molecule has 0 spiro atoms. The highest BCUT2D eigenvalue weighted by molar-refractivity contribution is 5.57. The fourth-order valence-electron chi connectivity index (χ4n) is 3.94. The van der Waals surface area contributed by atoms with Crippen LogP contribution in [-0.2, 0) is 18.3 Å². The van der Waals surface area contributed by atoms with Crippen molar-refractivity contribution in [3.63, 3.8) is 0 Å². The fourth-order valence-corrected chi connectivity index (χ4v) is 3.94. The number of pyridine rings is 1. The number of quaternary nitrogens is 1. The van der Waals surface area contributed by atoms with Crippen molar-refractivity contribution in [1.29, 1.82) is 0 Å². The van der Waals surface area contributed by atoms with Gasteiger partial charge in [-0.15, -0.1) is 18.3 Å². The second-order valence-electron chi connectivity index (χ2n) is 8.71. The number of aryl methyl sites for hydroxylation is 1. The van der Waals surface area contributed by atoms with Crippen LogP contribution in [0.5, 0.6) is 5.75 Å². The van der Waals surface area contributed by atoms with Gasteiger partial charge in [-0.3, -0.25) is 4.68 Å². The first-order valence-corrected chi connectivity index (χ1v) is 11.8. The molecule has 0 aliphatic carbocycles. The number of alkyl halides is 3. The lowest BCUT2D eigenvalue weighted by molar-refractivity contribution is -0.880. The van der Waals surface area contributed by atoms with Crippen LogP contribution >= 0.6 is 0 Å². The van der Waals surface area contributed by atoms with Crippen molar-refractivity contribution >= 4 is 12.3 Å².